The Morgan fingerprint density at radius 1 is 1.32 bits per heavy atom. The molecule has 1 rings (SSSR count). The molecule has 0 aliphatic heterocycles. The van der Waals surface area contributed by atoms with Crippen molar-refractivity contribution in [2.75, 3.05) is 13.7 Å². The summed E-state index contributed by atoms with van der Waals surface area (Å²) in [5.41, 5.74) is 0.526. The van der Waals surface area contributed by atoms with Crippen molar-refractivity contribution in [2.24, 2.45) is 5.41 Å². The Balaban J connectivity index is 2.95. The van der Waals surface area contributed by atoms with E-state index < -0.39 is 5.41 Å². The number of hydrogen-bond donors (Lipinski definition) is 1. The maximum Gasteiger partial charge on any atom is 0.313 e. The fraction of sp³-hybridized carbons (Fsp3) is 0.562. The summed E-state index contributed by atoms with van der Waals surface area (Å²) < 4.78 is 4.94. The largest absolute Gasteiger partial charge is 0.469 e. The third-order valence-electron chi connectivity index (χ3n) is 3.44. The molecule has 19 heavy (non-hydrogen) atoms. The molecule has 0 fully saturated rings. The van der Waals surface area contributed by atoms with Gasteiger partial charge in [0.15, 0.2) is 0 Å². The second-order valence-electron chi connectivity index (χ2n) is 5.36. The van der Waals surface area contributed by atoms with E-state index in [0.717, 1.165) is 24.9 Å². The highest BCUT2D eigenvalue weighted by Crippen LogP contribution is 2.34. The predicted octanol–water partition coefficient (Wildman–Crippen LogP) is 3.32. The highest BCUT2D eigenvalue weighted by molar-refractivity contribution is 5.77. The molecule has 0 amide bonds. The maximum atomic E-state index is 12.0. The van der Waals surface area contributed by atoms with Gasteiger partial charge in [0.25, 0.3) is 0 Å². The number of benzene rings is 1. The van der Waals surface area contributed by atoms with Crippen molar-refractivity contribution >= 4 is 5.97 Å². The van der Waals surface area contributed by atoms with Crippen LogP contribution in [-0.2, 0) is 9.53 Å². The molecular formula is C16H25NO2. The van der Waals surface area contributed by atoms with Gasteiger partial charge in [0.2, 0.25) is 0 Å². The Hall–Kier alpha value is -1.35. The van der Waals surface area contributed by atoms with Gasteiger partial charge >= 0.3 is 5.97 Å². The number of methoxy groups -OCH3 is 1. The van der Waals surface area contributed by atoms with Gasteiger partial charge in [-0.15, -0.1) is 0 Å². The number of carbonyl (C=O) groups excluding carboxylic acids is 1. The first-order chi connectivity index (χ1) is 9.04. The van der Waals surface area contributed by atoms with Gasteiger partial charge in [-0.2, -0.15) is 0 Å². The summed E-state index contributed by atoms with van der Waals surface area (Å²) in [7, 11) is 1.44. The summed E-state index contributed by atoms with van der Waals surface area (Å²) in [4.78, 5) is 12.0. The van der Waals surface area contributed by atoms with Crippen molar-refractivity contribution in [3.63, 3.8) is 0 Å². The molecule has 0 saturated carbocycles. The number of ether oxygens (including phenoxy) is 1. The second-order valence-corrected chi connectivity index (χ2v) is 5.36. The fourth-order valence-electron chi connectivity index (χ4n) is 2.24. The topological polar surface area (TPSA) is 38.3 Å². The molecule has 0 saturated heterocycles. The lowest BCUT2D eigenvalue weighted by atomic mass is 9.80. The number of rotatable bonds is 7. The van der Waals surface area contributed by atoms with Gasteiger partial charge in [-0.25, -0.2) is 0 Å². The summed E-state index contributed by atoms with van der Waals surface area (Å²) in [6.45, 7) is 6.91. The maximum absolute atomic E-state index is 12.0. The third kappa shape index (κ3) is 4.06. The highest BCUT2D eigenvalue weighted by atomic mass is 16.5. The Kier molecular flexibility index (Phi) is 6.03. The lowest BCUT2D eigenvalue weighted by Crippen LogP contribution is -2.41. The van der Waals surface area contributed by atoms with E-state index in [1.807, 2.05) is 44.2 Å². The Labute approximate surface area is 116 Å². The first kappa shape index (κ1) is 15.7. The van der Waals surface area contributed by atoms with Crippen LogP contribution in [0.5, 0.6) is 0 Å². The highest BCUT2D eigenvalue weighted by Gasteiger charge is 2.38. The Morgan fingerprint density at radius 2 is 1.95 bits per heavy atom. The smallest absolute Gasteiger partial charge is 0.313 e. The van der Waals surface area contributed by atoms with E-state index in [0.29, 0.717) is 0 Å². The molecule has 0 heterocycles. The fourth-order valence-corrected chi connectivity index (χ4v) is 2.24. The van der Waals surface area contributed by atoms with Crippen LogP contribution in [0.1, 0.15) is 45.2 Å². The van der Waals surface area contributed by atoms with Crippen LogP contribution in [0.25, 0.3) is 0 Å². The molecule has 1 aromatic rings. The molecule has 0 bridgehead atoms. The number of esters is 1. The zero-order valence-corrected chi connectivity index (χ0v) is 12.4. The molecule has 106 valence electrons. The van der Waals surface area contributed by atoms with Crippen LogP contribution in [0.2, 0.25) is 0 Å². The van der Waals surface area contributed by atoms with Gasteiger partial charge in [0.05, 0.1) is 12.5 Å². The minimum atomic E-state index is -0.593. The molecule has 1 N–H and O–H groups in total. The number of nitrogens with one attached hydrogen (secondary N) is 1. The minimum absolute atomic E-state index is 0.0345. The molecule has 0 aliphatic rings. The van der Waals surface area contributed by atoms with Crippen LogP contribution >= 0.6 is 0 Å². The molecule has 0 aliphatic carbocycles. The van der Waals surface area contributed by atoms with Crippen LogP contribution in [0, 0.1) is 5.41 Å². The molecule has 1 unspecified atom stereocenters. The van der Waals surface area contributed by atoms with Gasteiger partial charge in [-0.05, 0) is 32.4 Å². The molecule has 0 aromatic heterocycles. The van der Waals surface area contributed by atoms with Crippen LogP contribution in [0.4, 0.5) is 0 Å². The molecule has 1 aromatic carbocycles. The first-order valence-electron chi connectivity index (χ1n) is 6.90. The van der Waals surface area contributed by atoms with Crippen LogP contribution in [0.15, 0.2) is 30.3 Å². The second kappa shape index (κ2) is 7.29. The first-order valence-corrected chi connectivity index (χ1v) is 6.90. The molecular weight excluding hydrogens is 238 g/mol. The van der Waals surface area contributed by atoms with E-state index >= 15 is 0 Å². The standard InChI is InChI=1S/C16H25NO2/c1-5-6-12-17-14(13-10-8-7-9-11-13)16(2,3)15(18)19-4/h7-11,14,17H,5-6,12H2,1-4H3. The summed E-state index contributed by atoms with van der Waals surface area (Å²) in [5.74, 6) is -0.189. The average Bonchev–Trinajstić information content (AvgIpc) is 2.43. The van der Waals surface area contributed by atoms with Crippen molar-refractivity contribution in [1.82, 2.24) is 5.32 Å². The van der Waals surface area contributed by atoms with E-state index in [1.165, 1.54) is 7.11 Å². The average molecular weight is 263 g/mol. The van der Waals surface area contributed by atoms with Gasteiger partial charge in [0, 0.05) is 6.04 Å². The summed E-state index contributed by atoms with van der Waals surface area (Å²) in [5, 5.41) is 3.49. The molecule has 1 atom stereocenters. The van der Waals surface area contributed by atoms with Crippen molar-refractivity contribution in [3.8, 4) is 0 Å². The molecule has 3 heteroatoms. The van der Waals surface area contributed by atoms with Gasteiger partial charge in [0.1, 0.15) is 0 Å². The van der Waals surface area contributed by atoms with Crippen molar-refractivity contribution in [1.29, 1.82) is 0 Å². The lowest BCUT2D eigenvalue weighted by molar-refractivity contribution is -0.152. The number of hydrogen-bond acceptors (Lipinski definition) is 3. The Morgan fingerprint density at radius 3 is 2.47 bits per heavy atom. The zero-order chi connectivity index (χ0) is 14.3. The number of unbranched alkanes of at least 4 members (excludes halogenated alkanes) is 1. The van der Waals surface area contributed by atoms with Crippen LogP contribution in [0.3, 0.4) is 0 Å². The normalized spacial score (nSPS) is 13.1. The van der Waals surface area contributed by atoms with Crippen molar-refractivity contribution in [2.45, 2.75) is 39.7 Å². The quantitative estimate of drug-likeness (QED) is 0.606. The van der Waals surface area contributed by atoms with Gasteiger partial charge in [-0.3, -0.25) is 4.79 Å². The van der Waals surface area contributed by atoms with E-state index in [2.05, 4.69) is 12.2 Å². The SMILES string of the molecule is CCCCNC(c1ccccc1)C(C)(C)C(=O)OC. The van der Waals surface area contributed by atoms with Gasteiger partial charge < -0.3 is 10.1 Å². The zero-order valence-electron chi connectivity index (χ0n) is 12.4. The number of carbonyl (C=O) groups is 1. The molecule has 3 nitrogen and oxygen atoms in total. The minimum Gasteiger partial charge on any atom is -0.469 e. The van der Waals surface area contributed by atoms with Crippen molar-refractivity contribution < 1.29 is 9.53 Å². The van der Waals surface area contributed by atoms with E-state index in [4.69, 9.17) is 4.74 Å². The van der Waals surface area contributed by atoms with E-state index in [1.54, 1.807) is 0 Å². The van der Waals surface area contributed by atoms with Crippen LogP contribution in [-0.4, -0.2) is 19.6 Å². The van der Waals surface area contributed by atoms with Crippen LogP contribution < -0.4 is 5.32 Å². The van der Waals surface area contributed by atoms with Gasteiger partial charge in [-0.1, -0.05) is 43.7 Å². The summed E-state index contributed by atoms with van der Waals surface area (Å²) in [6.07, 6.45) is 2.23. The Bertz CT molecular complexity index is 387. The monoisotopic (exact) mass is 263 g/mol. The van der Waals surface area contributed by atoms with E-state index in [-0.39, 0.29) is 12.0 Å². The third-order valence-corrected chi connectivity index (χ3v) is 3.44. The molecule has 0 spiro atoms. The molecule has 0 radical (unpaired) electrons. The lowest BCUT2D eigenvalue weighted by Gasteiger charge is -2.33. The van der Waals surface area contributed by atoms with Crippen molar-refractivity contribution in [3.05, 3.63) is 35.9 Å². The predicted molar refractivity (Wildman–Crippen MR) is 77.9 cm³/mol. The summed E-state index contributed by atoms with van der Waals surface area (Å²) in [6, 6.07) is 10.0. The van der Waals surface area contributed by atoms with E-state index in [9.17, 15) is 4.79 Å². The summed E-state index contributed by atoms with van der Waals surface area (Å²) >= 11 is 0.